The second kappa shape index (κ2) is 10.4. The number of carboxylic acid groups (broad SMARTS) is 2. The highest BCUT2D eigenvalue weighted by molar-refractivity contribution is 7.12. The third-order valence-electron chi connectivity index (χ3n) is 5.42. The molecule has 0 spiro atoms. The summed E-state index contributed by atoms with van der Waals surface area (Å²) in [5.41, 5.74) is 0.744. The van der Waals surface area contributed by atoms with Crippen LogP contribution in [0.2, 0.25) is 0 Å². The van der Waals surface area contributed by atoms with Crippen molar-refractivity contribution < 1.29 is 33.7 Å². The number of para-hydroxylation sites is 1. The van der Waals surface area contributed by atoms with Gasteiger partial charge in [-0.2, -0.15) is 0 Å². The first-order chi connectivity index (χ1) is 14.9. The molecule has 1 aromatic heterocycles. The molecular formula is C21H23FN2O6S. The smallest absolute Gasteiger partial charge is 0.415 e. The number of fused-ring (bicyclic) bond motifs is 3. The zero-order valence-electron chi connectivity index (χ0n) is 16.6. The first kappa shape index (κ1) is 22.7. The molecule has 3 aliphatic heterocycles. The molecule has 4 heterocycles. The average Bonchev–Trinajstić information content (AvgIpc) is 3.23. The monoisotopic (exact) mass is 450 g/mol. The van der Waals surface area contributed by atoms with E-state index in [4.69, 9.17) is 19.7 Å². The number of rotatable bonds is 5. The molecule has 5 rings (SSSR count). The summed E-state index contributed by atoms with van der Waals surface area (Å²) in [7, 11) is 0. The van der Waals surface area contributed by atoms with Crippen molar-refractivity contribution in [2.75, 3.05) is 24.5 Å². The largest absolute Gasteiger partial charge is 0.483 e. The number of carbonyl (C=O) groups excluding carboxylic acids is 1. The van der Waals surface area contributed by atoms with Crippen LogP contribution in [0.5, 0.6) is 0 Å². The SMILES string of the molecule is O=C(O)c1cc(CN(C(=O)O[C@H]2CN3CCC2CC3)c2ccccc2F)cs1.O=CO. The maximum Gasteiger partial charge on any atom is 0.415 e. The van der Waals surface area contributed by atoms with E-state index in [1.807, 2.05) is 0 Å². The fourth-order valence-corrected chi connectivity index (χ4v) is 4.65. The highest BCUT2D eigenvalue weighted by atomic mass is 32.1. The minimum atomic E-state index is -1.02. The number of hydrogen-bond acceptors (Lipinski definition) is 6. The topological polar surface area (TPSA) is 107 Å². The Morgan fingerprint density at radius 3 is 2.52 bits per heavy atom. The molecule has 1 atom stereocenters. The van der Waals surface area contributed by atoms with Gasteiger partial charge < -0.3 is 14.9 Å². The van der Waals surface area contributed by atoms with Crippen molar-refractivity contribution in [2.24, 2.45) is 5.92 Å². The number of hydrogen-bond donors (Lipinski definition) is 2. The summed E-state index contributed by atoms with van der Waals surface area (Å²) in [4.78, 5) is 36.2. The number of halogens is 1. The first-order valence-corrected chi connectivity index (χ1v) is 10.6. The summed E-state index contributed by atoms with van der Waals surface area (Å²) in [5, 5.41) is 17.7. The number of ether oxygens (including phenoxy) is 1. The highest BCUT2D eigenvalue weighted by Gasteiger charge is 2.37. The fourth-order valence-electron chi connectivity index (χ4n) is 3.91. The Hall–Kier alpha value is -2.98. The van der Waals surface area contributed by atoms with Gasteiger partial charge in [0, 0.05) is 6.54 Å². The molecule has 10 heteroatoms. The van der Waals surface area contributed by atoms with E-state index in [1.54, 1.807) is 17.5 Å². The number of thiophene rings is 1. The highest BCUT2D eigenvalue weighted by Crippen LogP contribution is 2.31. The predicted octanol–water partition coefficient (Wildman–Crippen LogP) is 3.52. The van der Waals surface area contributed by atoms with Crippen molar-refractivity contribution in [3.05, 3.63) is 52.0 Å². The first-order valence-electron chi connectivity index (χ1n) is 9.76. The number of nitrogens with zero attached hydrogens (tertiary/aromatic N) is 2. The summed E-state index contributed by atoms with van der Waals surface area (Å²) in [5.74, 6) is -1.21. The third kappa shape index (κ3) is 5.59. The fraction of sp³-hybridized carbons (Fsp3) is 0.381. The van der Waals surface area contributed by atoms with Gasteiger partial charge >= 0.3 is 12.1 Å². The summed E-state index contributed by atoms with van der Waals surface area (Å²) in [6.45, 7) is 2.57. The Labute approximate surface area is 182 Å². The van der Waals surface area contributed by atoms with Gasteiger partial charge in [-0.1, -0.05) is 12.1 Å². The molecule has 0 unspecified atom stereocenters. The van der Waals surface area contributed by atoms with E-state index >= 15 is 0 Å². The van der Waals surface area contributed by atoms with Crippen molar-refractivity contribution in [1.82, 2.24) is 4.90 Å². The van der Waals surface area contributed by atoms with Gasteiger partial charge in [0.25, 0.3) is 6.47 Å². The van der Waals surface area contributed by atoms with Crippen LogP contribution in [0.1, 0.15) is 28.1 Å². The lowest BCUT2D eigenvalue weighted by Crippen LogP contribution is -2.53. The van der Waals surface area contributed by atoms with Crippen LogP contribution in [0.4, 0.5) is 14.9 Å². The van der Waals surface area contributed by atoms with Gasteiger partial charge in [0.05, 0.1) is 12.2 Å². The lowest BCUT2D eigenvalue weighted by Gasteiger charge is -2.44. The van der Waals surface area contributed by atoms with E-state index in [0.717, 1.165) is 37.3 Å². The molecule has 3 aliphatic rings. The molecule has 3 saturated heterocycles. The zero-order valence-corrected chi connectivity index (χ0v) is 17.5. The van der Waals surface area contributed by atoms with Gasteiger partial charge in [0.1, 0.15) is 16.8 Å². The van der Waals surface area contributed by atoms with Crippen molar-refractivity contribution in [2.45, 2.75) is 25.5 Å². The van der Waals surface area contributed by atoms with Gasteiger partial charge in [-0.15, -0.1) is 11.3 Å². The lowest BCUT2D eigenvalue weighted by molar-refractivity contribution is -0.122. The van der Waals surface area contributed by atoms with Crippen LogP contribution in [0.25, 0.3) is 0 Å². The third-order valence-corrected chi connectivity index (χ3v) is 6.38. The van der Waals surface area contributed by atoms with E-state index in [-0.39, 0.29) is 29.7 Å². The molecule has 2 aromatic rings. The van der Waals surface area contributed by atoms with Gasteiger partial charge in [0.2, 0.25) is 0 Å². The average molecular weight is 450 g/mol. The Morgan fingerprint density at radius 2 is 1.97 bits per heavy atom. The summed E-state index contributed by atoms with van der Waals surface area (Å²) in [6.07, 6.45) is 1.21. The van der Waals surface area contributed by atoms with Crippen LogP contribution < -0.4 is 4.90 Å². The Kier molecular flexibility index (Phi) is 7.59. The zero-order chi connectivity index (χ0) is 22.4. The molecule has 0 aliphatic carbocycles. The molecule has 1 aromatic carbocycles. The Balaban J connectivity index is 0.000000858. The molecule has 2 N–H and O–H groups in total. The van der Waals surface area contributed by atoms with Crippen molar-refractivity contribution in [3.8, 4) is 0 Å². The number of amides is 1. The van der Waals surface area contributed by atoms with Crippen molar-refractivity contribution >= 4 is 35.6 Å². The summed E-state index contributed by atoms with van der Waals surface area (Å²) < 4.78 is 20.2. The van der Waals surface area contributed by atoms with Gasteiger partial charge in [-0.05, 0) is 61.0 Å². The van der Waals surface area contributed by atoms with Crippen LogP contribution in [-0.2, 0) is 16.1 Å². The quantitative estimate of drug-likeness (QED) is 0.671. The molecule has 8 nitrogen and oxygen atoms in total. The molecule has 31 heavy (non-hydrogen) atoms. The molecular weight excluding hydrogens is 427 g/mol. The van der Waals surface area contributed by atoms with Crippen LogP contribution in [0.15, 0.2) is 35.7 Å². The molecule has 0 radical (unpaired) electrons. The number of piperidine rings is 3. The summed E-state index contributed by atoms with van der Waals surface area (Å²) >= 11 is 1.08. The maximum atomic E-state index is 14.4. The van der Waals surface area contributed by atoms with Crippen LogP contribution in [-0.4, -0.2) is 59.4 Å². The minimum Gasteiger partial charge on any atom is -0.483 e. The van der Waals surface area contributed by atoms with E-state index in [2.05, 4.69) is 4.90 Å². The number of carbonyl (C=O) groups is 3. The van der Waals surface area contributed by atoms with E-state index in [1.165, 1.54) is 23.1 Å². The minimum absolute atomic E-state index is 0.0463. The second-order valence-corrected chi connectivity index (χ2v) is 8.24. The van der Waals surface area contributed by atoms with Crippen LogP contribution in [0.3, 0.4) is 0 Å². The number of anilines is 1. The number of benzene rings is 1. The van der Waals surface area contributed by atoms with E-state index in [9.17, 15) is 14.0 Å². The lowest BCUT2D eigenvalue weighted by atomic mass is 9.86. The molecule has 0 saturated carbocycles. The Morgan fingerprint density at radius 1 is 1.29 bits per heavy atom. The predicted molar refractivity (Wildman–Crippen MR) is 112 cm³/mol. The number of aromatic carboxylic acids is 1. The molecule has 3 fully saturated rings. The maximum absolute atomic E-state index is 14.4. The van der Waals surface area contributed by atoms with E-state index in [0.29, 0.717) is 18.0 Å². The van der Waals surface area contributed by atoms with Crippen LogP contribution >= 0.6 is 11.3 Å². The van der Waals surface area contributed by atoms with Gasteiger partial charge in [-0.3, -0.25) is 14.6 Å². The number of carboxylic acids is 1. The van der Waals surface area contributed by atoms with Crippen LogP contribution in [0, 0.1) is 11.7 Å². The van der Waals surface area contributed by atoms with Gasteiger partial charge in [0.15, 0.2) is 0 Å². The Bertz CT molecular complexity index is 928. The van der Waals surface area contributed by atoms with E-state index < -0.39 is 17.9 Å². The molecule has 1 amide bonds. The van der Waals surface area contributed by atoms with Crippen molar-refractivity contribution in [3.63, 3.8) is 0 Å². The normalized spacial score (nSPS) is 21.5. The molecule has 166 valence electrons. The summed E-state index contributed by atoms with van der Waals surface area (Å²) in [6, 6.07) is 7.53. The molecule has 2 bridgehead atoms. The van der Waals surface area contributed by atoms with Crippen molar-refractivity contribution in [1.29, 1.82) is 0 Å². The second-order valence-electron chi connectivity index (χ2n) is 7.33. The standard InChI is InChI=1S/C20H21FN2O4S.CH2O2/c21-15-3-1-2-4-16(15)23(10-13-9-18(19(24)25)28-12-13)20(26)27-17-11-22-7-5-14(17)6-8-22;2-1-3/h1-4,9,12,14,17H,5-8,10-11H2,(H,24,25);1H,(H,2,3)/t17-;/m0./s1. The van der Waals surface area contributed by atoms with Gasteiger partial charge in [-0.25, -0.2) is 14.0 Å².